The van der Waals surface area contributed by atoms with Crippen LogP contribution < -0.4 is 0 Å². The number of hydrogen-bond donors (Lipinski definition) is 1. The molecule has 0 bridgehead atoms. The zero-order valence-electron chi connectivity index (χ0n) is 18.3. The molecule has 0 saturated heterocycles. The third-order valence-corrected chi connectivity index (χ3v) is 7.74. The highest BCUT2D eigenvalue weighted by Gasteiger charge is 2.49. The van der Waals surface area contributed by atoms with Gasteiger partial charge >= 0.3 is 0 Å². The van der Waals surface area contributed by atoms with Crippen molar-refractivity contribution in [2.45, 2.75) is 69.8 Å². The zero-order chi connectivity index (χ0) is 21.6. The second kappa shape index (κ2) is 7.50. The summed E-state index contributed by atoms with van der Waals surface area (Å²) in [5.74, 6) is 6.24. The van der Waals surface area contributed by atoms with Gasteiger partial charge in [-0.2, -0.15) is 5.10 Å². The number of aliphatic hydroxyl groups is 1. The summed E-state index contributed by atoms with van der Waals surface area (Å²) in [6.07, 6.45) is 8.71. The van der Waals surface area contributed by atoms with Gasteiger partial charge in [0.2, 0.25) is 0 Å². The molecule has 1 saturated carbocycles. The molecule has 0 amide bonds. The molecular weight excluding hydrogens is 387 g/mol. The van der Waals surface area contributed by atoms with E-state index in [-0.39, 0.29) is 11.2 Å². The maximum absolute atomic E-state index is 13.4. The Labute approximate surface area is 183 Å². The van der Waals surface area contributed by atoms with Crippen molar-refractivity contribution in [3.8, 4) is 17.5 Å². The lowest BCUT2D eigenvalue weighted by atomic mass is 9.57. The molecule has 3 atom stereocenters. The van der Waals surface area contributed by atoms with Gasteiger partial charge in [-0.3, -0.25) is 0 Å². The van der Waals surface area contributed by atoms with Crippen molar-refractivity contribution in [3.63, 3.8) is 0 Å². The quantitative estimate of drug-likeness (QED) is 0.544. The highest BCUT2D eigenvalue weighted by atomic mass is 19.1. The lowest BCUT2D eigenvalue weighted by Gasteiger charge is -2.48. The molecule has 1 heterocycles. The third kappa shape index (κ3) is 3.27. The van der Waals surface area contributed by atoms with E-state index in [1.165, 1.54) is 23.3 Å². The molecule has 2 aliphatic rings. The predicted octanol–water partition coefficient (Wildman–Crippen LogP) is 5.70. The van der Waals surface area contributed by atoms with Crippen molar-refractivity contribution in [2.75, 3.05) is 0 Å². The summed E-state index contributed by atoms with van der Waals surface area (Å²) in [6, 6.07) is 11.1. The zero-order valence-corrected chi connectivity index (χ0v) is 18.3. The van der Waals surface area contributed by atoms with Gasteiger partial charge in [0, 0.05) is 5.39 Å². The molecule has 1 fully saturated rings. The fourth-order valence-electron chi connectivity index (χ4n) is 6.19. The van der Waals surface area contributed by atoms with Crippen LogP contribution in [0, 0.1) is 23.6 Å². The number of aromatic nitrogens is 2. The van der Waals surface area contributed by atoms with Crippen molar-refractivity contribution in [3.05, 3.63) is 59.5 Å². The molecule has 4 heteroatoms. The van der Waals surface area contributed by atoms with Gasteiger partial charge in [-0.05, 0) is 111 Å². The topological polar surface area (TPSA) is 38.1 Å². The average Bonchev–Trinajstić information content (AvgIpc) is 3.10. The second-order valence-electron chi connectivity index (χ2n) is 9.31. The number of nitrogens with zero attached hydrogens (tertiary/aromatic N) is 2. The van der Waals surface area contributed by atoms with E-state index in [9.17, 15) is 9.50 Å². The van der Waals surface area contributed by atoms with Crippen LogP contribution in [0.2, 0.25) is 0 Å². The Balaban J connectivity index is 1.62. The van der Waals surface area contributed by atoms with Gasteiger partial charge < -0.3 is 5.11 Å². The highest BCUT2D eigenvalue weighted by Crippen LogP contribution is 2.54. The van der Waals surface area contributed by atoms with Crippen LogP contribution in [0.1, 0.15) is 63.5 Å². The van der Waals surface area contributed by atoms with Gasteiger partial charge in [0.25, 0.3) is 0 Å². The van der Waals surface area contributed by atoms with E-state index < -0.39 is 5.60 Å². The lowest BCUT2D eigenvalue weighted by molar-refractivity contribution is -0.00470. The molecule has 2 aliphatic carbocycles. The molecule has 0 spiro atoms. The fraction of sp³-hybridized carbons (Fsp3) is 0.444. The van der Waals surface area contributed by atoms with Crippen molar-refractivity contribution < 1.29 is 9.50 Å². The van der Waals surface area contributed by atoms with Crippen LogP contribution in [-0.4, -0.2) is 20.5 Å². The summed E-state index contributed by atoms with van der Waals surface area (Å²) in [5, 5.41) is 16.8. The molecule has 2 aromatic carbocycles. The van der Waals surface area contributed by atoms with E-state index in [4.69, 9.17) is 0 Å². The van der Waals surface area contributed by atoms with Crippen molar-refractivity contribution in [1.82, 2.24) is 9.78 Å². The van der Waals surface area contributed by atoms with E-state index in [1.54, 1.807) is 12.1 Å². The van der Waals surface area contributed by atoms with Crippen LogP contribution in [0.25, 0.3) is 16.6 Å². The van der Waals surface area contributed by atoms with Gasteiger partial charge in [-0.25, -0.2) is 9.07 Å². The first-order chi connectivity index (χ1) is 15.0. The summed E-state index contributed by atoms with van der Waals surface area (Å²) in [4.78, 5) is 0. The third-order valence-electron chi connectivity index (χ3n) is 7.74. The molecule has 31 heavy (non-hydrogen) atoms. The molecule has 0 aliphatic heterocycles. The number of rotatable bonds is 2. The lowest BCUT2D eigenvalue weighted by Crippen LogP contribution is -2.47. The Hall–Kier alpha value is -2.64. The molecular formula is C27H29FN2O. The maximum Gasteiger partial charge on any atom is 0.125 e. The van der Waals surface area contributed by atoms with Crippen molar-refractivity contribution in [1.29, 1.82) is 0 Å². The summed E-state index contributed by atoms with van der Waals surface area (Å²) < 4.78 is 15.3. The Kier molecular flexibility index (Phi) is 4.90. The summed E-state index contributed by atoms with van der Waals surface area (Å²) >= 11 is 0. The Bertz CT molecular complexity index is 1190. The van der Waals surface area contributed by atoms with Gasteiger partial charge in [0.1, 0.15) is 11.4 Å². The number of fused-ring (bicyclic) bond motifs is 4. The standard InChI is InChI=1S/C27H29FN2O/c1-3-12-26(31)13-14-27(4-2)21(17-26)7-5-6-19-16-25-20(15-24(19)27)18-29-30(25)23-10-8-22(28)9-11-23/h8-11,15-16,18,21,31H,4-7,13-14,17H2,1-2H3/t21-,26-,27-/m0/s1. The molecule has 0 unspecified atom stereocenters. The first-order valence-electron chi connectivity index (χ1n) is 11.4. The second-order valence-corrected chi connectivity index (χ2v) is 9.31. The van der Waals surface area contributed by atoms with Crippen LogP contribution >= 0.6 is 0 Å². The van der Waals surface area contributed by atoms with Gasteiger partial charge in [0.05, 0.1) is 17.4 Å². The number of hydrogen-bond acceptors (Lipinski definition) is 2. The summed E-state index contributed by atoms with van der Waals surface area (Å²) in [6.45, 7) is 4.11. The minimum Gasteiger partial charge on any atom is -0.378 e. The van der Waals surface area contributed by atoms with E-state index in [2.05, 4.69) is 36.0 Å². The number of benzene rings is 2. The molecule has 1 aromatic heterocycles. The smallest absolute Gasteiger partial charge is 0.125 e. The highest BCUT2D eigenvalue weighted by molar-refractivity contribution is 5.82. The normalized spacial score (nSPS) is 27.7. The van der Waals surface area contributed by atoms with Crippen LogP contribution in [0.5, 0.6) is 0 Å². The Morgan fingerprint density at radius 2 is 2.03 bits per heavy atom. The van der Waals surface area contributed by atoms with Crippen LogP contribution in [0.4, 0.5) is 4.39 Å². The summed E-state index contributed by atoms with van der Waals surface area (Å²) in [7, 11) is 0. The Morgan fingerprint density at radius 3 is 2.77 bits per heavy atom. The first kappa shape index (κ1) is 20.3. The van der Waals surface area contributed by atoms with Crippen LogP contribution in [-0.2, 0) is 11.8 Å². The van der Waals surface area contributed by atoms with Gasteiger partial charge in [-0.15, -0.1) is 5.92 Å². The average molecular weight is 417 g/mol. The summed E-state index contributed by atoms with van der Waals surface area (Å²) in [5.41, 5.74) is 4.01. The molecule has 0 radical (unpaired) electrons. The fourth-order valence-corrected chi connectivity index (χ4v) is 6.19. The maximum atomic E-state index is 13.4. The molecule has 1 N–H and O–H groups in total. The number of aryl methyl sites for hydroxylation is 1. The van der Waals surface area contributed by atoms with E-state index >= 15 is 0 Å². The van der Waals surface area contributed by atoms with Crippen LogP contribution in [0.3, 0.4) is 0 Å². The SMILES string of the molecule is CC#C[C@]1(O)CC[C@]2(CC)c3cc4cnn(-c5ccc(F)cc5)c4cc3CCC[C@H]2C1. The number of halogens is 1. The Morgan fingerprint density at radius 1 is 1.23 bits per heavy atom. The monoisotopic (exact) mass is 416 g/mol. The molecule has 3 nitrogen and oxygen atoms in total. The van der Waals surface area contributed by atoms with Gasteiger partial charge in [0.15, 0.2) is 0 Å². The first-order valence-corrected chi connectivity index (χ1v) is 11.4. The minimum absolute atomic E-state index is 0.0830. The van der Waals surface area contributed by atoms with E-state index in [0.717, 1.165) is 61.5 Å². The van der Waals surface area contributed by atoms with Crippen LogP contribution in [0.15, 0.2) is 42.6 Å². The predicted molar refractivity (Wildman–Crippen MR) is 122 cm³/mol. The molecule has 5 rings (SSSR count). The van der Waals surface area contributed by atoms with Gasteiger partial charge in [-0.1, -0.05) is 12.8 Å². The molecule has 3 aromatic rings. The minimum atomic E-state index is -0.847. The van der Waals surface area contributed by atoms with E-state index in [0.29, 0.717) is 5.92 Å². The van der Waals surface area contributed by atoms with E-state index in [1.807, 2.05) is 17.8 Å². The largest absolute Gasteiger partial charge is 0.378 e. The van der Waals surface area contributed by atoms with Crippen molar-refractivity contribution in [2.24, 2.45) is 5.92 Å². The molecule has 160 valence electrons. The van der Waals surface area contributed by atoms with Crippen molar-refractivity contribution >= 4 is 10.9 Å².